The number of rotatable bonds is 7. The molecule has 21 heavy (non-hydrogen) atoms. The molecule has 3 heteroatoms. The van der Waals surface area contributed by atoms with Crippen LogP contribution in [0.4, 0.5) is 0 Å². The molecule has 120 valence electrons. The summed E-state index contributed by atoms with van der Waals surface area (Å²) < 4.78 is 11.4. The zero-order valence-electron chi connectivity index (χ0n) is 14.6. The third kappa shape index (κ3) is 6.49. The Labute approximate surface area is 130 Å². The van der Waals surface area contributed by atoms with Crippen LogP contribution >= 0.6 is 0 Å². The zero-order valence-corrected chi connectivity index (χ0v) is 14.6. The monoisotopic (exact) mass is 293 g/mol. The lowest BCUT2D eigenvalue weighted by Gasteiger charge is -2.21. The molecular formula is C18H31NO2. The molecule has 0 fully saturated rings. The Bertz CT molecular complexity index is 435. The van der Waals surface area contributed by atoms with Crippen LogP contribution in [0.3, 0.4) is 0 Å². The molecule has 0 amide bonds. The second kappa shape index (κ2) is 7.81. The zero-order chi connectivity index (χ0) is 16.0. The molecule has 1 aromatic carbocycles. The summed E-state index contributed by atoms with van der Waals surface area (Å²) in [5.41, 5.74) is 2.47. The molecular weight excluding hydrogens is 262 g/mol. The first kappa shape index (κ1) is 18.0. The highest BCUT2D eigenvalue weighted by Crippen LogP contribution is 2.22. The highest BCUT2D eigenvalue weighted by Gasteiger charge is 2.12. The molecule has 0 radical (unpaired) electrons. The summed E-state index contributed by atoms with van der Waals surface area (Å²) in [5, 5.41) is 3.50. The number of ether oxygens (including phenoxy) is 2. The van der Waals surface area contributed by atoms with Crippen LogP contribution in [-0.4, -0.2) is 18.8 Å². The van der Waals surface area contributed by atoms with Crippen molar-refractivity contribution in [3.8, 4) is 5.75 Å². The Kier molecular flexibility index (Phi) is 6.69. The van der Waals surface area contributed by atoms with Crippen molar-refractivity contribution in [1.82, 2.24) is 5.32 Å². The predicted octanol–water partition coefficient (Wildman–Crippen LogP) is 4.14. The molecule has 3 nitrogen and oxygen atoms in total. The van der Waals surface area contributed by atoms with Crippen molar-refractivity contribution < 1.29 is 9.47 Å². The molecule has 0 aliphatic heterocycles. The topological polar surface area (TPSA) is 30.5 Å². The number of hydrogen-bond donors (Lipinski definition) is 1. The van der Waals surface area contributed by atoms with Gasteiger partial charge in [-0.05, 0) is 51.3 Å². The van der Waals surface area contributed by atoms with Gasteiger partial charge in [0.1, 0.15) is 5.75 Å². The Hall–Kier alpha value is -1.06. The van der Waals surface area contributed by atoms with Crippen LogP contribution in [0.15, 0.2) is 18.2 Å². The molecule has 1 aromatic rings. The molecule has 0 aromatic heterocycles. The van der Waals surface area contributed by atoms with Crippen molar-refractivity contribution in [2.45, 2.75) is 66.3 Å². The summed E-state index contributed by atoms with van der Waals surface area (Å²) >= 11 is 0. The largest absolute Gasteiger partial charge is 0.496 e. The maximum Gasteiger partial charge on any atom is 0.124 e. The second-order valence-electron chi connectivity index (χ2n) is 7.01. The van der Waals surface area contributed by atoms with Crippen molar-refractivity contribution in [2.24, 2.45) is 5.92 Å². The molecule has 0 heterocycles. The van der Waals surface area contributed by atoms with Crippen LogP contribution in [0.1, 0.15) is 52.7 Å². The Morgan fingerprint density at radius 2 is 1.81 bits per heavy atom. The van der Waals surface area contributed by atoms with Crippen LogP contribution in [0.25, 0.3) is 0 Å². The van der Waals surface area contributed by atoms with E-state index >= 15 is 0 Å². The van der Waals surface area contributed by atoms with Gasteiger partial charge < -0.3 is 14.8 Å². The number of methoxy groups -OCH3 is 1. The van der Waals surface area contributed by atoms with Gasteiger partial charge in [-0.3, -0.25) is 0 Å². The van der Waals surface area contributed by atoms with Gasteiger partial charge in [-0.1, -0.05) is 19.9 Å². The molecule has 1 rings (SSSR count). The fourth-order valence-electron chi connectivity index (χ4n) is 1.84. The molecule has 0 saturated heterocycles. The minimum absolute atomic E-state index is 0.114. The van der Waals surface area contributed by atoms with Gasteiger partial charge in [-0.25, -0.2) is 0 Å². The quantitative estimate of drug-likeness (QED) is 0.819. The minimum Gasteiger partial charge on any atom is -0.496 e. The van der Waals surface area contributed by atoms with Gasteiger partial charge in [0.2, 0.25) is 0 Å². The van der Waals surface area contributed by atoms with Crippen molar-refractivity contribution in [1.29, 1.82) is 0 Å². The molecule has 1 unspecified atom stereocenters. The minimum atomic E-state index is 0.114. The molecule has 0 aliphatic carbocycles. The van der Waals surface area contributed by atoms with E-state index in [1.165, 1.54) is 5.56 Å². The summed E-state index contributed by atoms with van der Waals surface area (Å²) in [6, 6.07) is 6.30. The van der Waals surface area contributed by atoms with Gasteiger partial charge >= 0.3 is 0 Å². The summed E-state index contributed by atoms with van der Waals surface area (Å²) in [6.45, 7) is 14.4. The average molecular weight is 293 g/mol. The van der Waals surface area contributed by atoms with E-state index in [0.29, 0.717) is 12.5 Å². The van der Waals surface area contributed by atoms with E-state index in [2.05, 4.69) is 59.0 Å². The van der Waals surface area contributed by atoms with E-state index < -0.39 is 0 Å². The normalized spacial score (nSPS) is 13.5. The third-order valence-corrected chi connectivity index (χ3v) is 3.61. The molecule has 1 N–H and O–H groups in total. The molecule has 0 saturated carbocycles. The fourth-order valence-corrected chi connectivity index (χ4v) is 1.84. The SMILES string of the molecule is COc1ccc(CNC(C)(C)C)cc1COC(C)C(C)C. The van der Waals surface area contributed by atoms with Gasteiger partial charge in [0.05, 0.1) is 19.8 Å². The van der Waals surface area contributed by atoms with E-state index in [9.17, 15) is 0 Å². The van der Waals surface area contributed by atoms with E-state index in [1.54, 1.807) is 7.11 Å². The first-order valence-electron chi connectivity index (χ1n) is 7.75. The number of nitrogens with one attached hydrogen (secondary N) is 1. The van der Waals surface area contributed by atoms with Gasteiger partial charge in [0.15, 0.2) is 0 Å². The lowest BCUT2D eigenvalue weighted by atomic mass is 10.1. The highest BCUT2D eigenvalue weighted by atomic mass is 16.5. The van der Waals surface area contributed by atoms with Crippen molar-refractivity contribution >= 4 is 0 Å². The van der Waals surface area contributed by atoms with Crippen LogP contribution in [0, 0.1) is 5.92 Å². The summed E-state index contributed by atoms with van der Waals surface area (Å²) in [7, 11) is 1.71. The van der Waals surface area contributed by atoms with Crippen LogP contribution in [0.5, 0.6) is 5.75 Å². The van der Waals surface area contributed by atoms with Gasteiger partial charge in [0.25, 0.3) is 0 Å². The number of benzene rings is 1. The highest BCUT2D eigenvalue weighted by molar-refractivity contribution is 5.37. The summed E-state index contributed by atoms with van der Waals surface area (Å²) in [6.07, 6.45) is 0.242. The molecule has 0 spiro atoms. The van der Waals surface area contributed by atoms with Crippen molar-refractivity contribution in [3.05, 3.63) is 29.3 Å². The van der Waals surface area contributed by atoms with E-state index in [4.69, 9.17) is 9.47 Å². The Morgan fingerprint density at radius 1 is 1.14 bits per heavy atom. The maximum atomic E-state index is 5.93. The fraction of sp³-hybridized carbons (Fsp3) is 0.667. The van der Waals surface area contributed by atoms with Crippen molar-refractivity contribution in [3.63, 3.8) is 0 Å². The van der Waals surface area contributed by atoms with E-state index in [1.807, 2.05) is 6.07 Å². The van der Waals surface area contributed by atoms with Crippen LogP contribution in [-0.2, 0) is 17.9 Å². The Morgan fingerprint density at radius 3 is 2.33 bits per heavy atom. The molecule has 0 aliphatic rings. The van der Waals surface area contributed by atoms with Crippen LogP contribution < -0.4 is 10.1 Å². The molecule has 0 bridgehead atoms. The van der Waals surface area contributed by atoms with Crippen molar-refractivity contribution in [2.75, 3.05) is 7.11 Å². The Balaban J connectivity index is 2.75. The van der Waals surface area contributed by atoms with Gasteiger partial charge in [0, 0.05) is 17.6 Å². The third-order valence-electron chi connectivity index (χ3n) is 3.61. The standard InChI is InChI=1S/C18H31NO2/c1-13(2)14(3)21-12-16-10-15(8-9-17(16)20-7)11-19-18(4,5)6/h8-10,13-14,19H,11-12H2,1-7H3. The smallest absolute Gasteiger partial charge is 0.124 e. The lowest BCUT2D eigenvalue weighted by molar-refractivity contribution is 0.0226. The summed E-state index contributed by atoms with van der Waals surface area (Å²) in [4.78, 5) is 0. The average Bonchev–Trinajstić information content (AvgIpc) is 2.41. The summed E-state index contributed by atoms with van der Waals surface area (Å²) in [5.74, 6) is 1.41. The van der Waals surface area contributed by atoms with Crippen LogP contribution in [0.2, 0.25) is 0 Å². The van der Waals surface area contributed by atoms with E-state index in [-0.39, 0.29) is 11.6 Å². The maximum absolute atomic E-state index is 5.93. The number of hydrogen-bond acceptors (Lipinski definition) is 3. The second-order valence-corrected chi connectivity index (χ2v) is 7.01. The van der Waals surface area contributed by atoms with Gasteiger partial charge in [-0.2, -0.15) is 0 Å². The van der Waals surface area contributed by atoms with E-state index in [0.717, 1.165) is 17.9 Å². The predicted molar refractivity (Wildman–Crippen MR) is 88.7 cm³/mol. The molecule has 1 atom stereocenters. The van der Waals surface area contributed by atoms with Gasteiger partial charge in [-0.15, -0.1) is 0 Å². The first-order valence-corrected chi connectivity index (χ1v) is 7.75. The first-order chi connectivity index (χ1) is 9.73. The lowest BCUT2D eigenvalue weighted by Crippen LogP contribution is -2.35.